The Balaban J connectivity index is 1.53. The summed E-state index contributed by atoms with van der Waals surface area (Å²) in [6, 6.07) is 6.21. The average molecular weight is 317 g/mol. The number of hydrogen-bond donors (Lipinski definition) is 0. The summed E-state index contributed by atoms with van der Waals surface area (Å²) in [5.74, 6) is 0.579. The summed E-state index contributed by atoms with van der Waals surface area (Å²) in [5.41, 5.74) is 0.911. The molecule has 0 spiro atoms. The third-order valence-electron chi connectivity index (χ3n) is 4.33. The topological polar surface area (TPSA) is 45.2 Å². The van der Waals surface area contributed by atoms with Crippen molar-refractivity contribution in [3.8, 4) is 0 Å². The first-order chi connectivity index (χ1) is 10.7. The molecule has 5 heterocycles. The minimum Gasteiger partial charge on any atom is -0.367 e. The van der Waals surface area contributed by atoms with Crippen LogP contribution in [0.15, 0.2) is 35.7 Å². The third-order valence-corrected chi connectivity index (χ3v) is 4.90. The summed E-state index contributed by atoms with van der Waals surface area (Å²) in [4.78, 5) is 17.1. The molecule has 0 saturated carbocycles. The van der Waals surface area contributed by atoms with Crippen molar-refractivity contribution in [2.75, 3.05) is 29.1 Å². The first-order valence-electron chi connectivity index (χ1n) is 7.26. The van der Waals surface area contributed by atoms with Crippen LogP contribution < -0.4 is 9.80 Å². The maximum atomic E-state index is 13.3. The van der Waals surface area contributed by atoms with E-state index in [0.717, 1.165) is 29.8 Å². The molecule has 0 amide bonds. The minimum atomic E-state index is -0.422. The van der Waals surface area contributed by atoms with Crippen molar-refractivity contribution in [3.63, 3.8) is 0 Å². The Morgan fingerprint density at radius 2 is 1.95 bits per heavy atom. The highest BCUT2D eigenvalue weighted by Gasteiger charge is 2.45. The summed E-state index contributed by atoms with van der Waals surface area (Å²) in [7, 11) is 0. The first-order valence-corrected chi connectivity index (χ1v) is 8.49. The predicted molar refractivity (Wildman–Crippen MR) is 84.9 cm³/mol. The Morgan fingerprint density at radius 3 is 2.68 bits per heavy atom. The van der Waals surface area contributed by atoms with Crippen LogP contribution in [0.3, 0.4) is 0 Å². The molecular weight excluding hydrogens is 301 g/mol. The van der Waals surface area contributed by atoms with E-state index in [4.69, 9.17) is 0 Å². The van der Waals surface area contributed by atoms with Crippen molar-refractivity contribution in [2.45, 2.75) is 23.7 Å². The van der Waals surface area contributed by atoms with E-state index < -0.39 is 5.95 Å². The van der Waals surface area contributed by atoms with E-state index in [1.807, 2.05) is 24.6 Å². The zero-order valence-corrected chi connectivity index (χ0v) is 13.0. The summed E-state index contributed by atoms with van der Waals surface area (Å²) >= 11 is 1.55. The van der Waals surface area contributed by atoms with Gasteiger partial charge in [0.05, 0.1) is 12.1 Å². The van der Waals surface area contributed by atoms with Gasteiger partial charge in [-0.1, -0.05) is 11.8 Å². The van der Waals surface area contributed by atoms with E-state index in [9.17, 15) is 4.39 Å². The Hall–Kier alpha value is -1.89. The molecule has 22 heavy (non-hydrogen) atoms. The van der Waals surface area contributed by atoms with E-state index in [0.29, 0.717) is 12.1 Å². The summed E-state index contributed by atoms with van der Waals surface area (Å²) < 4.78 is 13.3. The second kappa shape index (κ2) is 5.39. The van der Waals surface area contributed by atoms with Crippen LogP contribution in [0, 0.1) is 5.95 Å². The summed E-state index contributed by atoms with van der Waals surface area (Å²) in [6.07, 6.45) is 6.49. The van der Waals surface area contributed by atoms with Crippen LogP contribution in [0.5, 0.6) is 0 Å². The lowest BCUT2D eigenvalue weighted by Gasteiger charge is -2.57. The molecular formula is C15H16FN5S. The normalized spacial score (nSPS) is 23.4. The molecule has 3 aliphatic rings. The number of halogens is 1. The van der Waals surface area contributed by atoms with Gasteiger partial charge in [-0.25, -0.2) is 15.0 Å². The Morgan fingerprint density at radius 1 is 1.18 bits per heavy atom. The third kappa shape index (κ3) is 2.29. The standard InChI is InChI=1S/C15H16FN5S/c1-22-15-18-5-3-14(19-15)21-11-6-12(21)9-20(8-11)10-2-4-17-13(16)7-10/h2-5,7,11-12H,6,8-9H2,1H3. The molecule has 0 radical (unpaired) electrons. The zero-order chi connectivity index (χ0) is 15.1. The Labute approximate surface area is 132 Å². The quantitative estimate of drug-likeness (QED) is 0.491. The molecule has 2 aromatic heterocycles. The van der Waals surface area contributed by atoms with Crippen molar-refractivity contribution in [3.05, 3.63) is 36.5 Å². The van der Waals surface area contributed by atoms with E-state index in [1.165, 1.54) is 18.7 Å². The lowest BCUT2D eigenvalue weighted by Crippen LogP contribution is -2.69. The molecule has 114 valence electrons. The van der Waals surface area contributed by atoms with Crippen molar-refractivity contribution in [1.82, 2.24) is 15.0 Å². The van der Waals surface area contributed by atoms with Crippen LogP contribution in [0.4, 0.5) is 15.9 Å². The molecule has 2 bridgehead atoms. The summed E-state index contributed by atoms with van der Waals surface area (Å²) in [6.45, 7) is 1.77. The number of fused-ring (bicyclic) bond motifs is 2. The van der Waals surface area contributed by atoms with Crippen LogP contribution in [0.25, 0.3) is 0 Å². The number of piperazine rings is 1. The number of hydrogen-bond acceptors (Lipinski definition) is 6. The number of nitrogens with zero attached hydrogens (tertiary/aromatic N) is 5. The fraction of sp³-hybridized carbons (Fsp3) is 0.400. The molecule has 2 unspecified atom stereocenters. The smallest absolute Gasteiger partial charge is 0.214 e. The zero-order valence-electron chi connectivity index (χ0n) is 12.2. The van der Waals surface area contributed by atoms with Gasteiger partial charge in [0.25, 0.3) is 0 Å². The van der Waals surface area contributed by atoms with E-state index in [2.05, 4.69) is 24.8 Å². The van der Waals surface area contributed by atoms with Gasteiger partial charge < -0.3 is 9.80 Å². The van der Waals surface area contributed by atoms with Crippen molar-refractivity contribution >= 4 is 23.3 Å². The van der Waals surface area contributed by atoms with Gasteiger partial charge in [0.1, 0.15) is 5.82 Å². The molecule has 0 aliphatic carbocycles. The molecule has 3 fully saturated rings. The number of pyridine rings is 1. The average Bonchev–Trinajstić information content (AvgIpc) is 2.55. The molecule has 0 aromatic carbocycles. The van der Waals surface area contributed by atoms with Crippen LogP contribution in [0.2, 0.25) is 0 Å². The van der Waals surface area contributed by atoms with Gasteiger partial charge in [-0.2, -0.15) is 4.39 Å². The molecule has 2 aromatic rings. The molecule has 3 aliphatic heterocycles. The van der Waals surface area contributed by atoms with Crippen molar-refractivity contribution in [2.24, 2.45) is 0 Å². The highest BCUT2D eigenvalue weighted by atomic mass is 32.2. The lowest BCUT2D eigenvalue weighted by molar-refractivity contribution is 0.288. The van der Waals surface area contributed by atoms with Gasteiger partial charge in [0.2, 0.25) is 5.95 Å². The molecule has 5 rings (SSSR count). The number of aromatic nitrogens is 3. The second-order valence-corrected chi connectivity index (χ2v) is 6.37. The highest BCUT2D eigenvalue weighted by molar-refractivity contribution is 7.98. The maximum Gasteiger partial charge on any atom is 0.214 e. The minimum absolute atomic E-state index is 0.422. The Kier molecular flexibility index (Phi) is 3.37. The largest absolute Gasteiger partial charge is 0.367 e. The van der Waals surface area contributed by atoms with E-state index in [-0.39, 0.29) is 0 Å². The highest BCUT2D eigenvalue weighted by Crippen LogP contribution is 2.37. The van der Waals surface area contributed by atoms with E-state index in [1.54, 1.807) is 11.8 Å². The molecule has 3 saturated heterocycles. The number of thioether (sulfide) groups is 1. The molecule has 0 N–H and O–H groups in total. The molecule has 5 nitrogen and oxygen atoms in total. The van der Waals surface area contributed by atoms with Crippen LogP contribution >= 0.6 is 11.8 Å². The summed E-state index contributed by atoms with van der Waals surface area (Å²) in [5, 5.41) is 0.801. The number of rotatable bonds is 3. The van der Waals surface area contributed by atoms with Crippen LogP contribution in [-0.4, -0.2) is 46.4 Å². The molecule has 2 atom stereocenters. The second-order valence-electron chi connectivity index (χ2n) is 5.59. The lowest BCUT2D eigenvalue weighted by atomic mass is 9.87. The molecule has 7 heteroatoms. The number of anilines is 2. The maximum absolute atomic E-state index is 13.3. The monoisotopic (exact) mass is 317 g/mol. The fourth-order valence-corrected chi connectivity index (χ4v) is 3.71. The van der Waals surface area contributed by atoms with Crippen LogP contribution in [-0.2, 0) is 0 Å². The van der Waals surface area contributed by atoms with Gasteiger partial charge in [-0.3, -0.25) is 0 Å². The van der Waals surface area contributed by atoms with Gasteiger partial charge in [0, 0.05) is 37.2 Å². The SMILES string of the molecule is CSc1nccc(N2C3CC2CN(c2ccnc(F)c2)C3)n1. The van der Waals surface area contributed by atoms with E-state index >= 15 is 0 Å². The van der Waals surface area contributed by atoms with Gasteiger partial charge in [0.15, 0.2) is 5.16 Å². The fourth-order valence-electron chi connectivity index (χ4n) is 3.36. The van der Waals surface area contributed by atoms with Gasteiger partial charge in [-0.15, -0.1) is 0 Å². The van der Waals surface area contributed by atoms with Gasteiger partial charge >= 0.3 is 0 Å². The first kappa shape index (κ1) is 13.8. The van der Waals surface area contributed by atoms with Crippen LogP contribution in [0.1, 0.15) is 6.42 Å². The Bertz CT molecular complexity index is 685. The van der Waals surface area contributed by atoms with Crippen molar-refractivity contribution < 1.29 is 4.39 Å². The van der Waals surface area contributed by atoms with Crippen molar-refractivity contribution in [1.29, 1.82) is 0 Å². The predicted octanol–water partition coefficient (Wildman–Crippen LogP) is 2.20. The van der Waals surface area contributed by atoms with Gasteiger partial charge in [-0.05, 0) is 24.8 Å². The number of piperidine rings is 1.